The Kier molecular flexibility index (Phi) is 8.08. The van der Waals surface area contributed by atoms with E-state index in [0.717, 1.165) is 0 Å². The van der Waals surface area contributed by atoms with Crippen molar-refractivity contribution in [2.24, 2.45) is 0 Å². The lowest BCUT2D eigenvalue weighted by molar-refractivity contribution is -0.139. The van der Waals surface area contributed by atoms with E-state index in [-0.39, 0.29) is 26.4 Å². The Balaban J connectivity index is 3.95. The molecule has 0 saturated carbocycles. The molecule has 0 aliphatic rings. The number of rotatable bonds is 9. The van der Waals surface area contributed by atoms with Crippen molar-refractivity contribution in [2.45, 2.75) is 20.8 Å². The summed E-state index contributed by atoms with van der Waals surface area (Å²) < 4.78 is 31.2. The van der Waals surface area contributed by atoms with Crippen molar-refractivity contribution in [2.75, 3.05) is 26.4 Å². The minimum absolute atomic E-state index is 0.0319. The first-order chi connectivity index (χ1) is 7.95. The summed E-state index contributed by atoms with van der Waals surface area (Å²) in [4.78, 5) is 11.0. The minimum atomic E-state index is -3.52. The minimum Gasteiger partial charge on any atom is -0.460 e. The molecule has 0 amide bonds. The molecule has 0 bridgehead atoms. The van der Waals surface area contributed by atoms with E-state index < -0.39 is 13.8 Å². The van der Waals surface area contributed by atoms with E-state index in [2.05, 4.69) is 6.58 Å². The SMILES string of the molecule is C=C(C)C(=O)OCCOP(=O)(OCC)OCC. The van der Waals surface area contributed by atoms with Gasteiger partial charge in [-0.3, -0.25) is 13.6 Å². The van der Waals surface area contributed by atoms with Crippen LogP contribution in [0.4, 0.5) is 0 Å². The fraction of sp³-hybridized carbons (Fsp3) is 0.700. The maximum Gasteiger partial charge on any atom is 0.474 e. The molecule has 17 heavy (non-hydrogen) atoms. The molecule has 0 atom stereocenters. The molecule has 100 valence electrons. The molecule has 0 radical (unpaired) electrons. The van der Waals surface area contributed by atoms with Gasteiger partial charge in [0.2, 0.25) is 0 Å². The van der Waals surface area contributed by atoms with Gasteiger partial charge in [-0.25, -0.2) is 9.36 Å². The van der Waals surface area contributed by atoms with Gasteiger partial charge < -0.3 is 4.74 Å². The molecule has 0 aromatic carbocycles. The Morgan fingerprint density at radius 3 is 2.06 bits per heavy atom. The van der Waals surface area contributed by atoms with Crippen LogP contribution >= 0.6 is 7.82 Å². The molecule has 0 N–H and O–H groups in total. The van der Waals surface area contributed by atoms with Crippen LogP contribution in [0.2, 0.25) is 0 Å². The second-order valence-corrected chi connectivity index (χ2v) is 4.70. The van der Waals surface area contributed by atoms with Gasteiger partial charge >= 0.3 is 13.8 Å². The average molecular weight is 266 g/mol. The maximum absolute atomic E-state index is 11.8. The van der Waals surface area contributed by atoms with Crippen LogP contribution in [0.1, 0.15) is 20.8 Å². The van der Waals surface area contributed by atoms with Gasteiger partial charge in [0, 0.05) is 5.57 Å². The van der Waals surface area contributed by atoms with Crippen LogP contribution in [0.15, 0.2) is 12.2 Å². The van der Waals surface area contributed by atoms with Crippen LogP contribution in [0.3, 0.4) is 0 Å². The zero-order chi connectivity index (χ0) is 13.3. The average Bonchev–Trinajstić information content (AvgIpc) is 2.24. The largest absolute Gasteiger partial charge is 0.474 e. The van der Waals surface area contributed by atoms with Crippen LogP contribution < -0.4 is 0 Å². The molecular formula is C10H19O6P. The highest BCUT2D eigenvalue weighted by Crippen LogP contribution is 2.48. The van der Waals surface area contributed by atoms with E-state index in [9.17, 15) is 9.36 Å². The zero-order valence-corrected chi connectivity index (χ0v) is 11.3. The molecule has 0 saturated heterocycles. The van der Waals surface area contributed by atoms with Crippen molar-refractivity contribution in [1.82, 2.24) is 0 Å². The molecule has 0 spiro atoms. The molecule has 0 aromatic heterocycles. The van der Waals surface area contributed by atoms with Gasteiger partial charge in [0.05, 0.1) is 19.8 Å². The second kappa shape index (κ2) is 8.42. The summed E-state index contributed by atoms with van der Waals surface area (Å²) in [7, 11) is -3.52. The predicted molar refractivity (Wildman–Crippen MR) is 62.6 cm³/mol. The number of phosphoric ester groups is 1. The van der Waals surface area contributed by atoms with Gasteiger partial charge in [0.25, 0.3) is 0 Å². The standard InChI is InChI=1S/C10H19O6P/c1-5-14-17(12,15-6-2)16-8-7-13-10(11)9(3)4/h3,5-8H2,1-2,4H3. The number of carbonyl (C=O) groups excluding carboxylic acids is 1. The zero-order valence-electron chi connectivity index (χ0n) is 10.4. The van der Waals surface area contributed by atoms with Crippen LogP contribution in [-0.2, 0) is 27.7 Å². The number of esters is 1. The quantitative estimate of drug-likeness (QED) is 0.276. The first-order valence-electron chi connectivity index (χ1n) is 5.31. The first-order valence-corrected chi connectivity index (χ1v) is 6.77. The molecular weight excluding hydrogens is 247 g/mol. The van der Waals surface area contributed by atoms with Crippen LogP contribution in [-0.4, -0.2) is 32.4 Å². The molecule has 6 nitrogen and oxygen atoms in total. The number of hydrogen-bond acceptors (Lipinski definition) is 6. The third-order valence-electron chi connectivity index (χ3n) is 1.49. The third-order valence-corrected chi connectivity index (χ3v) is 3.14. The van der Waals surface area contributed by atoms with Crippen LogP contribution in [0.25, 0.3) is 0 Å². The Hall–Kier alpha value is -0.680. The van der Waals surface area contributed by atoms with Crippen molar-refractivity contribution in [3.05, 3.63) is 12.2 Å². The summed E-state index contributed by atoms with van der Waals surface area (Å²) in [6.45, 7) is 8.64. The lowest BCUT2D eigenvalue weighted by atomic mass is 10.4. The molecule has 0 heterocycles. The highest BCUT2D eigenvalue weighted by atomic mass is 31.2. The summed E-state index contributed by atoms with van der Waals surface area (Å²) in [6, 6.07) is 0. The predicted octanol–water partition coefficient (Wildman–Crippen LogP) is 2.30. The fourth-order valence-electron chi connectivity index (χ4n) is 0.835. The van der Waals surface area contributed by atoms with E-state index in [0.29, 0.717) is 5.57 Å². The van der Waals surface area contributed by atoms with Crippen LogP contribution in [0.5, 0.6) is 0 Å². The topological polar surface area (TPSA) is 71.1 Å². The smallest absolute Gasteiger partial charge is 0.460 e. The first kappa shape index (κ1) is 16.3. The maximum atomic E-state index is 11.8. The van der Waals surface area contributed by atoms with E-state index in [4.69, 9.17) is 18.3 Å². The Bertz CT molecular complexity index is 291. The van der Waals surface area contributed by atoms with Crippen molar-refractivity contribution in [1.29, 1.82) is 0 Å². The number of carbonyl (C=O) groups is 1. The number of hydrogen-bond donors (Lipinski definition) is 0. The molecule has 0 rings (SSSR count). The lowest BCUT2D eigenvalue weighted by Crippen LogP contribution is -2.11. The number of phosphoric acid groups is 1. The molecule has 0 fully saturated rings. The van der Waals surface area contributed by atoms with E-state index in [1.54, 1.807) is 13.8 Å². The van der Waals surface area contributed by atoms with Crippen molar-refractivity contribution in [3.8, 4) is 0 Å². The third kappa shape index (κ3) is 7.28. The summed E-state index contributed by atoms with van der Waals surface area (Å²) in [5.74, 6) is -0.517. The van der Waals surface area contributed by atoms with Crippen molar-refractivity contribution < 1.29 is 27.7 Å². The molecule has 7 heteroatoms. The van der Waals surface area contributed by atoms with Crippen LogP contribution in [0, 0.1) is 0 Å². The van der Waals surface area contributed by atoms with Gasteiger partial charge in [-0.2, -0.15) is 0 Å². The Labute approximate surface area is 101 Å². The highest BCUT2D eigenvalue weighted by Gasteiger charge is 2.25. The summed E-state index contributed by atoms with van der Waals surface area (Å²) in [5.41, 5.74) is 0.294. The Morgan fingerprint density at radius 2 is 1.65 bits per heavy atom. The van der Waals surface area contributed by atoms with E-state index in [1.165, 1.54) is 6.92 Å². The van der Waals surface area contributed by atoms with Gasteiger partial charge in [-0.05, 0) is 20.8 Å². The molecule has 0 aliphatic carbocycles. The fourth-order valence-corrected chi connectivity index (χ4v) is 1.99. The highest BCUT2D eigenvalue weighted by molar-refractivity contribution is 7.48. The lowest BCUT2D eigenvalue weighted by Gasteiger charge is -2.16. The van der Waals surface area contributed by atoms with Gasteiger partial charge in [-0.1, -0.05) is 6.58 Å². The molecule has 0 aromatic rings. The van der Waals surface area contributed by atoms with Crippen molar-refractivity contribution >= 4 is 13.8 Å². The summed E-state index contributed by atoms with van der Waals surface area (Å²) in [6.07, 6.45) is 0. The molecule has 0 unspecified atom stereocenters. The normalized spacial score (nSPS) is 11.2. The monoisotopic (exact) mass is 266 g/mol. The van der Waals surface area contributed by atoms with E-state index in [1.807, 2.05) is 0 Å². The summed E-state index contributed by atoms with van der Waals surface area (Å²) >= 11 is 0. The second-order valence-electron chi connectivity index (χ2n) is 3.03. The van der Waals surface area contributed by atoms with Gasteiger partial charge in [-0.15, -0.1) is 0 Å². The summed E-state index contributed by atoms with van der Waals surface area (Å²) in [5, 5.41) is 0. The van der Waals surface area contributed by atoms with E-state index >= 15 is 0 Å². The van der Waals surface area contributed by atoms with Gasteiger partial charge in [0.1, 0.15) is 6.61 Å². The Morgan fingerprint density at radius 1 is 1.12 bits per heavy atom. The van der Waals surface area contributed by atoms with Gasteiger partial charge in [0.15, 0.2) is 0 Å². The van der Waals surface area contributed by atoms with Crippen molar-refractivity contribution in [3.63, 3.8) is 0 Å². The number of ether oxygens (including phenoxy) is 1. The molecule has 0 aliphatic heterocycles.